The number of ether oxygens (including phenoxy) is 1. The molecule has 23 heavy (non-hydrogen) atoms. The number of nitrogens with one attached hydrogen (secondary N) is 1. The molecule has 0 bridgehead atoms. The molecule has 2 N–H and O–H groups in total. The molecule has 0 atom stereocenters. The quantitative estimate of drug-likeness (QED) is 0.875. The molecule has 2 amide bonds. The first-order chi connectivity index (χ1) is 10.9. The molecule has 0 aliphatic heterocycles. The molecule has 5 nitrogen and oxygen atoms in total. The minimum absolute atomic E-state index is 0.101. The number of carbonyl (C=O) groups is 1. The second-order valence-corrected chi connectivity index (χ2v) is 6.73. The van der Waals surface area contributed by atoms with Gasteiger partial charge in [0.2, 0.25) is 0 Å². The minimum atomic E-state index is -0.690. The lowest BCUT2D eigenvalue weighted by molar-refractivity contribution is -0.0338. The number of benzene rings is 1. The maximum absolute atomic E-state index is 12.0. The van der Waals surface area contributed by atoms with Crippen molar-refractivity contribution in [1.29, 1.82) is 0 Å². The lowest BCUT2D eigenvalue weighted by Crippen LogP contribution is -2.40. The van der Waals surface area contributed by atoms with Crippen LogP contribution in [0.5, 0.6) is 5.75 Å². The third-order valence-corrected chi connectivity index (χ3v) is 4.23. The number of hydrogen-bond donors (Lipinski definition) is 2. The van der Waals surface area contributed by atoms with E-state index in [-0.39, 0.29) is 12.1 Å². The summed E-state index contributed by atoms with van der Waals surface area (Å²) in [6.07, 6.45) is 4.94. The number of aliphatic hydroxyl groups is 1. The van der Waals surface area contributed by atoms with Crippen LogP contribution in [-0.2, 0) is 0 Å². The van der Waals surface area contributed by atoms with Crippen LogP contribution in [0.4, 0.5) is 10.5 Å². The van der Waals surface area contributed by atoms with Crippen LogP contribution in [0, 0.1) is 0 Å². The van der Waals surface area contributed by atoms with Gasteiger partial charge in [0.1, 0.15) is 12.4 Å². The second-order valence-electron chi connectivity index (χ2n) is 6.73. The third kappa shape index (κ3) is 5.13. The Morgan fingerprint density at radius 1 is 1.26 bits per heavy atom. The van der Waals surface area contributed by atoms with Crippen LogP contribution >= 0.6 is 0 Å². The van der Waals surface area contributed by atoms with E-state index in [1.54, 1.807) is 11.9 Å². The smallest absolute Gasteiger partial charge is 0.321 e. The Kier molecular flexibility index (Phi) is 5.88. The van der Waals surface area contributed by atoms with Gasteiger partial charge in [0, 0.05) is 18.8 Å². The SMILES string of the molecule is CC(C)NC(=O)N(C)c1ccc(OCC2(O)CCCCC2)cc1. The average molecular weight is 320 g/mol. The van der Waals surface area contributed by atoms with E-state index in [0.29, 0.717) is 12.4 Å². The summed E-state index contributed by atoms with van der Waals surface area (Å²) in [5.74, 6) is 0.713. The molecule has 0 saturated heterocycles. The largest absolute Gasteiger partial charge is 0.491 e. The van der Waals surface area contributed by atoms with Crippen molar-refractivity contribution in [3.63, 3.8) is 0 Å². The van der Waals surface area contributed by atoms with E-state index >= 15 is 0 Å². The normalized spacial score (nSPS) is 16.9. The summed E-state index contributed by atoms with van der Waals surface area (Å²) in [5, 5.41) is 13.3. The first-order valence-corrected chi connectivity index (χ1v) is 8.39. The Bertz CT molecular complexity index is 508. The van der Waals surface area contributed by atoms with E-state index < -0.39 is 5.60 Å². The van der Waals surface area contributed by atoms with E-state index in [1.165, 1.54) is 6.42 Å². The van der Waals surface area contributed by atoms with Gasteiger partial charge in [-0.1, -0.05) is 19.3 Å². The monoisotopic (exact) mass is 320 g/mol. The van der Waals surface area contributed by atoms with Crippen LogP contribution < -0.4 is 15.0 Å². The molecule has 2 rings (SSSR count). The molecule has 128 valence electrons. The van der Waals surface area contributed by atoms with Crippen molar-refractivity contribution in [3.8, 4) is 5.75 Å². The van der Waals surface area contributed by atoms with Gasteiger partial charge in [0.25, 0.3) is 0 Å². The molecule has 0 heterocycles. The molecule has 5 heteroatoms. The number of rotatable bonds is 5. The van der Waals surface area contributed by atoms with Crippen molar-refractivity contribution in [2.24, 2.45) is 0 Å². The Balaban J connectivity index is 1.90. The molecule has 1 saturated carbocycles. The summed E-state index contributed by atoms with van der Waals surface area (Å²) in [6, 6.07) is 7.33. The van der Waals surface area contributed by atoms with Gasteiger partial charge < -0.3 is 15.2 Å². The first-order valence-electron chi connectivity index (χ1n) is 8.39. The lowest BCUT2D eigenvalue weighted by Gasteiger charge is -2.31. The van der Waals surface area contributed by atoms with E-state index in [9.17, 15) is 9.90 Å². The van der Waals surface area contributed by atoms with Gasteiger partial charge in [-0.05, 0) is 51.0 Å². The van der Waals surface area contributed by atoms with Crippen molar-refractivity contribution in [1.82, 2.24) is 5.32 Å². The zero-order valence-electron chi connectivity index (χ0n) is 14.3. The van der Waals surface area contributed by atoms with Crippen molar-refractivity contribution < 1.29 is 14.6 Å². The fourth-order valence-corrected chi connectivity index (χ4v) is 2.80. The predicted octanol–water partition coefficient (Wildman–Crippen LogP) is 3.31. The number of nitrogens with zero attached hydrogens (tertiary/aromatic N) is 1. The first kappa shape index (κ1) is 17.6. The van der Waals surface area contributed by atoms with Gasteiger partial charge >= 0.3 is 6.03 Å². The fourth-order valence-electron chi connectivity index (χ4n) is 2.80. The Hall–Kier alpha value is -1.75. The zero-order chi connectivity index (χ0) is 16.9. The topological polar surface area (TPSA) is 61.8 Å². The molecule has 1 fully saturated rings. The molecule has 0 spiro atoms. The van der Waals surface area contributed by atoms with Crippen LogP contribution in [0.25, 0.3) is 0 Å². The fraction of sp³-hybridized carbons (Fsp3) is 0.611. The number of hydrogen-bond acceptors (Lipinski definition) is 3. The molecule has 1 aromatic carbocycles. The minimum Gasteiger partial charge on any atom is -0.491 e. The van der Waals surface area contributed by atoms with Crippen LogP contribution in [-0.4, -0.2) is 36.4 Å². The van der Waals surface area contributed by atoms with Crippen molar-refractivity contribution in [3.05, 3.63) is 24.3 Å². The molecular weight excluding hydrogens is 292 g/mol. The van der Waals surface area contributed by atoms with Gasteiger partial charge in [-0.25, -0.2) is 4.79 Å². The Labute approximate surface area is 138 Å². The van der Waals surface area contributed by atoms with Gasteiger partial charge in [-0.15, -0.1) is 0 Å². The van der Waals surface area contributed by atoms with E-state index in [2.05, 4.69) is 5.32 Å². The summed E-state index contributed by atoms with van der Waals surface area (Å²) >= 11 is 0. The number of amides is 2. The van der Waals surface area contributed by atoms with E-state index in [4.69, 9.17) is 4.74 Å². The summed E-state index contributed by atoms with van der Waals surface area (Å²) in [6.45, 7) is 4.19. The van der Waals surface area contributed by atoms with Crippen LogP contribution in [0.1, 0.15) is 46.0 Å². The summed E-state index contributed by atoms with van der Waals surface area (Å²) in [7, 11) is 1.73. The van der Waals surface area contributed by atoms with Crippen LogP contribution in [0.2, 0.25) is 0 Å². The van der Waals surface area contributed by atoms with Crippen molar-refractivity contribution >= 4 is 11.7 Å². The average Bonchev–Trinajstić information content (AvgIpc) is 2.53. The Morgan fingerprint density at radius 3 is 2.43 bits per heavy atom. The molecular formula is C18H28N2O3. The number of carbonyl (C=O) groups excluding carboxylic acids is 1. The van der Waals surface area contributed by atoms with Gasteiger partial charge in [-0.2, -0.15) is 0 Å². The van der Waals surface area contributed by atoms with Crippen LogP contribution in [0.15, 0.2) is 24.3 Å². The maximum Gasteiger partial charge on any atom is 0.321 e. The van der Waals surface area contributed by atoms with Gasteiger partial charge in [0.05, 0.1) is 5.60 Å². The highest BCUT2D eigenvalue weighted by Crippen LogP contribution is 2.29. The molecule has 1 aliphatic carbocycles. The highest BCUT2D eigenvalue weighted by atomic mass is 16.5. The van der Waals surface area contributed by atoms with Gasteiger partial charge in [0.15, 0.2) is 0 Å². The third-order valence-electron chi connectivity index (χ3n) is 4.23. The Morgan fingerprint density at radius 2 is 1.87 bits per heavy atom. The summed E-state index contributed by atoms with van der Waals surface area (Å²) in [4.78, 5) is 13.5. The highest BCUT2D eigenvalue weighted by Gasteiger charge is 2.29. The number of urea groups is 1. The second kappa shape index (κ2) is 7.68. The standard InChI is InChI=1S/C18H28N2O3/c1-14(2)19-17(21)20(3)15-7-9-16(10-8-15)23-13-18(22)11-5-4-6-12-18/h7-10,14,22H,4-6,11-13H2,1-3H3,(H,19,21). The summed E-state index contributed by atoms with van der Waals surface area (Å²) in [5.41, 5.74) is 0.108. The van der Waals surface area contributed by atoms with E-state index in [0.717, 1.165) is 31.4 Å². The van der Waals surface area contributed by atoms with Gasteiger partial charge in [-0.3, -0.25) is 4.90 Å². The number of anilines is 1. The van der Waals surface area contributed by atoms with Crippen LogP contribution in [0.3, 0.4) is 0 Å². The molecule has 1 aromatic rings. The van der Waals surface area contributed by atoms with Crippen molar-refractivity contribution in [2.45, 2.75) is 57.6 Å². The zero-order valence-corrected chi connectivity index (χ0v) is 14.3. The molecule has 0 radical (unpaired) electrons. The maximum atomic E-state index is 12.0. The molecule has 0 unspecified atom stereocenters. The predicted molar refractivity (Wildman–Crippen MR) is 92.0 cm³/mol. The van der Waals surface area contributed by atoms with E-state index in [1.807, 2.05) is 38.1 Å². The molecule has 0 aromatic heterocycles. The molecule has 1 aliphatic rings. The van der Waals surface area contributed by atoms with Crippen molar-refractivity contribution in [2.75, 3.05) is 18.6 Å². The summed E-state index contributed by atoms with van der Waals surface area (Å²) < 4.78 is 5.74. The highest BCUT2D eigenvalue weighted by molar-refractivity contribution is 5.91. The lowest BCUT2D eigenvalue weighted by atomic mass is 9.85.